The van der Waals surface area contributed by atoms with E-state index in [1.54, 1.807) is 20.8 Å². The zero-order chi connectivity index (χ0) is 13.6. The molecule has 0 saturated heterocycles. The average molecular weight is 245 g/mol. The summed E-state index contributed by atoms with van der Waals surface area (Å²) in [5.74, 6) is -0.828. The minimum Gasteiger partial charge on any atom is -0.457 e. The van der Waals surface area contributed by atoms with Crippen molar-refractivity contribution in [1.29, 1.82) is 0 Å². The topological polar surface area (TPSA) is 78.6 Å². The van der Waals surface area contributed by atoms with Crippen LogP contribution in [0.5, 0.6) is 0 Å². The van der Waals surface area contributed by atoms with Gasteiger partial charge in [-0.2, -0.15) is 0 Å². The van der Waals surface area contributed by atoms with Crippen LogP contribution in [0.25, 0.3) is 0 Å². The zero-order valence-corrected chi connectivity index (χ0v) is 11.3. The van der Waals surface area contributed by atoms with Gasteiger partial charge in [0, 0.05) is 0 Å². The molecule has 0 saturated carbocycles. The zero-order valence-electron chi connectivity index (χ0n) is 11.3. The molecule has 0 rings (SSSR count). The van der Waals surface area contributed by atoms with E-state index in [1.807, 2.05) is 13.8 Å². The summed E-state index contributed by atoms with van der Waals surface area (Å²) < 4.78 is 9.77. The Morgan fingerprint density at radius 3 is 2.18 bits per heavy atom. The van der Waals surface area contributed by atoms with Gasteiger partial charge in [0.1, 0.15) is 11.6 Å². The summed E-state index contributed by atoms with van der Waals surface area (Å²) in [5, 5.41) is 0. The molecule has 0 aromatic carbocycles. The summed E-state index contributed by atoms with van der Waals surface area (Å²) in [7, 11) is 0. The molecule has 1 atom stereocenters. The molecule has 0 radical (unpaired) electrons. The highest BCUT2D eigenvalue weighted by Gasteiger charge is 2.20. The highest BCUT2D eigenvalue weighted by molar-refractivity contribution is 5.79. The quantitative estimate of drug-likeness (QED) is 0.737. The largest absolute Gasteiger partial charge is 0.457 e. The fraction of sp³-hybridized carbons (Fsp3) is 0.833. The van der Waals surface area contributed by atoms with Gasteiger partial charge in [0.15, 0.2) is 6.61 Å². The predicted octanol–water partition coefficient (Wildman–Crippen LogP) is 1.24. The molecular weight excluding hydrogens is 222 g/mol. The van der Waals surface area contributed by atoms with Crippen molar-refractivity contribution >= 4 is 11.9 Å². The van der Waals surface area contributed by atoms with E-state index in [0.29, 0.717) is 12.3 Å². The number of hydrogen-bond donors (Lipinski definition) is 1. The predicted molar refractivity (Wildman–Crippen MR) is 64.2 cm³/mol. The molecule has 5 nitrogen and oxygen atoms in total. The van der Waals surface area contributed by atoms with Crippen molar-refractivity contribution in [2.24, 2.45) is 11.7 Å². The summed E-state index contributed by atoms with van der Waals surface area (Å²) >= 11 is 0. The van der Waals surface area contributed by atoms with Gasteiger partial charge in [0.2, 0.25) is 0 Å². The lowest BCUT2D eigenvalue weighted by molar-refractivity contribution is -0.167. The van der Waals surface area contributed by atoms with E-state index in [1.165, 1.54) is 0 Å². The van der Waals surface area contributed by atoms with Gasteiger partial charge in [-0.25, -0.2) is 4.79 Å². The third kappa shape index (κ3) is 8.68. The van der Waals surface area contributed by atoms with Crippen molar-refractivity contribution in [3.8, 4) is 0 Å². The molecule has 0 aliphatic carbocycles. The first kappa shape index (κ1) is 15.9. The van der Waals surface area contributed by atoms with Crippen molar-refractivity contribution in [3.63, 3.8) is 0 Å². The standard InChI is InChI=1S/C12H23NO4/c1-8(2)6-9(13)11(15)16-7-10(14)17-12(3,4)5/h8-9H,6-7,13H2,1-5H3/t9-/m0/s1. The van der Waals surface area contributed by atoms with E-state index in [-0.39, 0.29) is 6.61 Å². The number of ether oxygens (including phenoxy) is 2. The van der Waals surface area contributed by atoms with Crippen LogP contribution < -0.4 is 5.73 Å². The first-order valence-electron chi connectivity index (χ1n) is 5.76. The van der Waals surface area contributed by atoms with E-state index >= 15 is 0 Å². The molecule has 0 spiro atoms. The lowest BCUT2D eigenvalue weighted by atomic mass is 10.1. The Hall–Kier alpha value is -1.10. The third-order valence-electron chi connectivity index (χ3n) is 1.78. The summed E-state index contributed by atoms with van der Waals surface area (Å²) in [6, 6.07) is -0.683. The van der Waals surface area contributed by atoms with Gasteiger partial charge in [0.05, 0.1) is 0 Å². The van der Waals surface area contributed by atoms with Crippen LogP contribution in [0.2, 0.25) is 0 Å². The van der Waals surface area contributed by atoms with Crippen LogP contribution in [0.3, 0.4) is 0 Å². The van der Waals surface area contributed by atoms with Crippen molar-refractivity contribution in [2.75, 3.05) is 6.61 Å². The Balaban J connectivity index is 3.96. The SMILES string of the molecule is CC(C)C[C@H](N)C(=O)OCC(=O)OC(C)(C)C. The van der Waals surface area contributed by atoms with Gasteiger partial charge < -0.3 is 15.2 Å². The molecule has 0 amide bonds. The van der Waals surface area contributed by atoms with E-state index < -0.39 is 23.6 Å². The number of carbonyl (C=O) groups is 2. The minimum absolute atomic E-state index is 0.305. The maximum absolute atomic E-state index is 11.4. The van der Waals surface area contributed by atoms with Gasteiger partial charge in [-0.15, -0.1) is 0 Å². The van der Waals surface area contributed by atoms with Crippen LogP contribution in [0.4, 0.5) is 0 Å². The summed E-state index contributed by atoms with van der Waals surface area (Å²) in [6.07, 6.45) is 0.535. The lowest BCUT2D eigenvalue weighted by Gasteiger charge is -2.19. The number of esters is 2. The van der Waals surface area contributed by atoms with Gasteiger partial charge >= 0.3 is 11.9 Å². The van der Waals surface area contributed by atoms with Gasteiger partial charge in [-0.3, -0.25) is 4.79 Å². The Kier molecular flexibility index (Phi) is 6.16. The molecule has 0 fully saturated rings. The number of hydrogen-bond acceptors (Lipinski definition) is 5. The van der Waals surface area contributed by atoms with E-state index in [2.05, 4.69) is 0 Å². The van der Waals surface area contributed by atoms with Crippen LogP contribution in [0.1, 0.15) is 41.0 Å². The van der Waals surface area contributed by atoms with Gasteiger partial charge in [-0.05, 0) is 33.1 Å². The smallest absolute Gasteiger partial charge is 0.344 e. The second-order valence-electron chi connectivity index (χ2n) is 5.43. The Bertz CT molecular complexity index is 268. The Morgan fingerprint density at radius 1 is 1.24 bits per heavy atom. The first-order chi connectivity index (χ1) is 7.61. The normalized spacial score (nSPS) is 13.4. The molecule has 0 aliphatic rings. The van der Waals surface area contributed by atoms with Crippen molar-refractivity contribution in [2.45, 2.75) is 52.7 Å². The maximum Gasteiger partial charge on any atom is 0.344 e. The second kappa shape index (κ2) is 6.59. The van der Waals surface area contributed by atoms with Crippen LogP contribution >= 0.6 is 0 Å². The van der Waals surface area contributed by atoms with Gasteiger partial charge in [-0.1, -0.05) is 13.8 Å². The van der Waals surface area contributed by atoms with E-state index in [9.17, 15) is 9.59 Å². The van der Waals surface area contributed by atoms with Crippen molar-refractivity contribution in [1.82, 2.24) is 0 Å². The molecule has 2 N–H and O–H groups in total. The summed E-state index contributed by atoms with van der Waals surface area (Å²) in [6.45, 7) is 8.77. The van der Waals surface area contributed by atoms with E-state index in [0.717, 1.165) is 0 Å². The Morgan fingerprint density at radius 2 is 1.76 bits per heavy atom. The fourth-order valence-corrected chi connectivity index (χ4v) is 1.21. The monoisotopic (exact) mass is 245 g/mol. The van der Waals surface area contributed by atoms with Crippen molar-refractivity contribution in [3.05, 3.63) is 0 Å². The molecule has 0 unspecified atom stereocenters. The molecule has 0 bridgehead atoms. The lowest BCUT2D eigenvalue weighted by Crippen LogP contribution is -2.35. The van der Waals surface area contributed by atoms with Gasteiger partial charge in [0.25, 0.3) is 0 Å². The molecule has 17 heavy (non-hydrogen) atoms. The minimum atomic E-state index is -0.683. The molecular formula is C12H23NO4. The van der Waals surface area contributed by atoms with Crippen LogP contribution in [0.15, 0.2) is 0 Å². The van der Waals surface area contributed by atoms with Crippen LogP contribution in [-0.2, 0) is 19.1 Å². The summed E-state index contributed by atoms with van der Waals surface area (Å²) in [4.78, 5) is 22.7. The highest BCUT2D eigenvalue weighted by Crippen LogP contribution is 2.07. The number of nitrogens with two attached hydrogens (primary N) is 1. The third-order valence-corrected chi connectivity index (χ3v) is 1.78. The molecule has 100 valence electrons. The maximum atomic E-state index is 11.4. The summed E-state index contributed by atoms with van der Waals surface area (Å²) in [5.41, 5.74) is 5.03. The van der Waals surface area contributed by atoms with Crippen LogP contribution in [0, 0.1) is 5.92 Å². The molecule has 5 heteroatoms. The molecule has 0 aliphatic heterocycles. The Labute approximate surface area is 103 Å². The first-order valence-corrected chi connectivity index (χ1v) is 5.76. The highest BCUT2D eigenvalue weighted by atomic mass is 16.6. The fourth-order valence-electron chi connectivity index (χ4n) is 1.21. The van der Waals surface area contributed by atoms with E-state index in [4.69, 9.17) is 15.2 Å². The molecule has 0 heterocycles. The average Bonchev–Trinajstić information content (AvgIpc) is 2.10. The number of carbonyl (C=O) groups excluding carboxylic acids is 2. The molecule has 0 aromatic rings. The van der Waals surface area contributed by atoms with Crippen LogP contribution in [-0.4, -0.2) is 30.2 Å². The number of rotatable bonds is 5. The second-order valence-corrected chi connectivity index (χ2v) is 5.43. The van der Waals surface area contributed by atoms with Crippen molar-refractivity contribution < 1.29 is 19.1 Å². The molecule has 0 aromatic heterocycles.